The minimum absolute atomic E-state index is 0.0682. The number of carbonyl (C=O) groups is 2. The Morgan fingerprint density at radius 2 is 2.16 bits per heavy atom. The Morgan fingerprint density at radius 3 is 2.89 bits per heavy atom. The van der Waals surface area contributed by atoms with Crippen molar-refractivity contribution in [2.75, 3.05) is 0 Å². The van der Waals surface area contributed by atoms with Crippen LogP contribution in [-0.4, -0.2) is 29.6 Å². The van der Waals surface area contributed by atoms with Crippen molar-refractivity contribution in [3.8, 4) is 0 Å². The summed E-state index contributed by atoms with van der Waals surface area (Å²) in [5.74, 6) is -0.562. The van der Waals surface area contributed by atoms with Gasteiger partial charge in [0.2, 0.25) is 0 Å². The van der Waals surface area contributed by atoms with Crippen molar-refractivity contribution >= 4 is 11.8 Å². The first kappa shape index (κ1) is 12.6. The van der Waals surface area contributed by atoms with E-state index in [1.54, 1.807) is 0 Å². The second-order valence-corrected chi connectivity index (χ2v) is 5.91. The zero-order valence-corrected chi connectivity index (χ0v) is 11.3. The molecular formula is C15H18O4. The SMILES string of the molecule is C=C1C(=O)OC2C1CC(=O)C(C)=CCCC1(C)OC21. The maximum absolute atomic E-state index is 12.1. The Balaban J connectivity index is 1.93. The van der Waals surface area contributed by atoms with Crippen molar-refractivity contribution in [3.63, 3.8) is 0 Å². The van der Waals surface area contributed by atoms with Crippen LogP contribution in [0.2, 0.25) is 0 Å². The fraction of sp³-hybridized carbons (Fsp3) is 0.600. The highest BCUT2D eigenvalue weighted by Crippen LogP contribution is 2.49. The van der Waals surface area contributed by atoms with Crippen molar-refractivity contribution in [3.05, 3.63) is 23.8 Å². The molecule has 2 heterocycles. The number of Topliss-reactive ketones (excluding diaryl/α,β-unsaturated/α-hetero) is 1. The smallest absolute Gasteiger partial charge is 0.334 e. The molecule has 3 aliphatic rings. The van der Waals surface area contributed by atoms with Crippen LogP contribution >= 0.6 is 0 Å². The van der Waals surface area contributed by atoms with Crippen LogP contribution < -0.4 is 0 Å². The lowest BCUT2D eigenvalue weighted by atomic mass is 9.83. The zero-order valence-electron chi connectivity index (χ0n) is 11.3. The molecule has 0 aromatic rings. The van der Waals surface area contributed by atoms with Crippen LogP contribution in [0, 0.1) is 5.92 Å². The Bertz CT molecular complexity index is 504. The first-order valence-corrected chi connectivity index (χ1v) is 6.70. The molecule has 0 amide bonds. The Hall–Kier alpha value is -1.42. The molecule has 0 aromatic carbocycles. The molecule has 4 atom stereocenters. The zero-order chi connectivity index (χ0) is 13.8. The molecule has 4 unspecified atom stereocenters. The molecule has 4 nitrogen and oxygen atoms in total. The van der Waals surface area contributed by atoms with Crippen LogP contribution in [0.4, 0.5) is 0 Å². The van der Waals surface area contributed by atoms with Crippen molar-refractivity contribution in [1.82, 2.24) is 0 Å². The predicted octanol–water partition coefficient (Wildman–Crippen LogP) is 1.94. The summed E-state index contributed by atoms with van der Waals surface area (Å²) >= 11 is 0. The number of allylic oxidation sites excluding steroid dienone is 2. The number of carbonyl (C=O) groups excluding carboxylic acids is 2. The number of fused-ring (bicyclic) bond motifs is 3. The van der Waals surface area contributed by atoms with Gasteiger partial charge in [0.15, 0.2) is 5.78 Å². The van der Waals surface area contributed by atoms with E-state index >= 15 is 0 Å². The van der Waals surface area contributed by atoms with Crippen molar-refractivity contribution < 1.29 is 19.1 Å². The van der Waals surface area contributed by atoms with Crippen molar-refractivity contribution in [2.24, 2.45) is 5.92 Å². The average Bonchev–Trinajstić information content (AvgIpc) is 2.95. The van der Waals surface area contributed by atoms with Gasteiger partial charge in [-0.1, -0.05) is 12.7 Å². The van der Waals surface area contributed by atoms with E-state index in [0.29, 0.717) is 5.57 Å². The van der Waals surface area contributed by atoms with Crippen molar-refractivity contribution in [2.45, 2.75) is 50.9 Å². The summed E-state index contributed by atoms with van der Waals surface area (Å²) in [5.41, 5.74) is 0.934. The van der Waals surface area contributed by atoms with Gasteiger partial charge in [-0.05, 0) is 32.3 Å². The lowest BCUT2D eigenvalue weighted by Crippen LogP contribution is -2.30. The monoisotopic (exact) mass is 262 g/mol. The van der Waals surface area contributed by atoms with Crippen LogP contribution in [-0.2, 0) is 19.1 Å². The third kappa shape index (κ3) is 1.94. The first-order chi connectivity index (χ1) is 8.92. The maximum Gasteiger partial charge on any atom is 0.334 e. The topological polar surface area (TPSA) is 55.9 Å². The second-order valence-electron chi connectivity index (χ2n) is 5.91. The van der Waals surface area contributed by atoms with E-state index in [-0.39, 0.29) is 41.9 Å². The molecule has 3 rings (SSSR count). The lowest BCUT2D eigenvalue weighted by molar-refractivity contribution is -0.140. The predicted molar refractivity (Wildman–Crippen MR) is 68.4 cm³/mol. The summed E-state index contributed by atoms with van der Waals surface area (Å²) in [5, 5.41) is 0. The van der Waals surface area contributed by atoms with Crippen LogP contribution in [0.25, 0.3) is 0 Å². The number of ether oxygens (including phenoxy) is 2. The van der Waals surface area contributed by atoms with E-state index in [1.807, 2.05) is 19.9 Å². The number of epoxide rings is 1. The van der Waals surface area contributed by atoms with E-state index in [1.165, 1.54) is 0 Å². The standard InChI is InChI=1S/C15H18O4/c1-8-5-4-6-15(3)13(19-15)12-10(7-11(8)16)9(2)14(17)18-12/h5,10,12-13H,2,4,6-7H2,1,3H3. The lowest BCUT2D eigenvalue weighted by Gasteiger charge is -2.18. The normalized spacial score (nSPS) is 42.1. The second kappa shape index (κ2) is 4.04. The molecule has 2 saturated heterocycles. The van der Waals surface area contributed by atoms with Gasteiger partial charge in [0.05, 0.1) is 5.60 Å². The fourth-order valence-corrected chi connectivity index (χ4v) is 3.06. The molecular weight excluding hydrogens is 244 g/mol. The van der Waals surface area contributed by atoms with Gasteiger partial charge in [-0.15, -0.1) is 0 Å². The molecule has 2 fully saturated rings. The van der Waals surface area contributed by atoms with Crippen LogP contribution in [0.5, 0.6) is 0 Å². The number of hydrogen-bond acceptors (Lipinski definition) is 4. The minimum Gasteiger partial charge on any atom is -0.455 e. The summed E-state index contributed by atoms with van der Waals surface area (Å²) in [7, 11) is 0. The third-order valence-electron chi connectivity index (χ3n) is 4.53. The minimum atomic E-state index is -0.387. The summed E-state index contributed by atoms with van der Waals surface area (Å²) in [6.45, 7) is 7.64. The molecule has 0 saturated carbocycles. The molecule has 0 spiro atoms. The number of hydrogen-bond donors (Lipinski definition) is 0. The molecule has 2 aliphatic heterocycles. The first-order valence-electron chi connectivity index (χ1n) is 6.70. The van der Waals surface area contributed by atoms with Crippen LogP contribution in [0.15, 0.2) is 23.8 Å². The fourth-order valence-electron chi connectivity index (χ4n) is 3.06. The van der Waals surface area contributed by atoms with Gasteiger partial charge in [-0.3, -0.25) is 4.79 Å². The number of ketones is 1. The molecule has 0 N–H and O–H groups in total. The molecule has 0 aromatic heterocycles. The average molecular weight is 262 g/mol. The highest BCUT2D eigenvalue weighted by Gasteiger charge is 2.61. The van der Waals surface area contributed by atoms with E-state index < -0.39 is 0 Å². The maximum atomic E-state index is 12.1. The third-order valence-corrected chi connectivity index (χ3v) is 4.53. The molecule has 0 bridgehead atoms. The molecule has 0 radical (unpaired) electrons. The number of rotatable bonds is 0. The van der Waals surface area contributed by atoms with Gasteiger partial charge >= 0.3 is 5.97 Å². The van der Waals surface area contributed by atoms with Gasteiger partial charge in [0, 0.05) is 17.9 Å². The Kier molecular flexibility index (Phi) is 2.68. The van der Waals surface area contributed by atoms with Gasteiger partial charge in [0.1, 0.15) is 12.2 Å². The van der Waals surface area contributed by atoms with Gasteiger partial charge < -0.3 is 9.47 Å². The van der Waals surface area contributed by atoms with Crippen molar-refractivity contribution in [1.29, 1.82) is 0 Å². The van der Waals surface area contributed by atoms with Gasteiger partial charge in [0.25, 0.3) is 0 Å². The van der Waals surface area contributed by atoms with E-state index in [4.69, 9.17) is 9.47 Å². The largest absolute Gasteiger partial charge is 0.455 e. The number of esters is 1. The molecule has 1 aliphatic carbocycles. The molecule has 102 valence electrons. The van der Waals surface area contributed by atoms with Crippen LogP contribution in [0.3, 0.4) is 0 Å². The molecule has 19 heavy (non-hydrogen) atoms. The van der Waals surface area contributed by atoms with E-state index in [9.17, 15) is 9.59 Å². The van der Waals surface area contributed by atoms with E-state index in [2.05, 4.69) is 6.58 Å². The Morgan fingerprint density at radius 1 is 1.42 bits per heavy atom. The highest BCUT2D eigenvalue weighted by molar-refractivity contribution is 5.98. The Labute approximate surface area is 112 Å². The summed E-state index contributed by atoms with van der Waals surface area (Å²) in [4.78, 5) is 23.8. The van der Waals surface area contributed by atoms with Gasteiger partial charge in [-0.2, -0.15) is 0 Å². The molecule has 4 heteroatoms. The van der Waals surface area contributed by atoms with Gasteiger partial charge in [-0.25, -0.2) is 4.79 Å². The summed E-state index contributed by atoms with van der Waals surface area (Å²) in [6.07, 6.45) is 3.47. The van der Waals surface area contributed by atoms with Crippen LogP contribution in [0.1, 0.15) is 33.1 Å². The quantitative estimate of drug-likeness (QED) is 0.380. The highest BCUT2D eigenvalue weighted by atomic mass is 16.6. The summed E-state index contributed by atoms with van der Waals surface area (Å²) in [6, 6.07) is 0. The summed E-state index contributed by atoms with van der Waals surface area (Å²) < 4.78 is 11.1. The van der Waals surface area contributed by atoms with E-state index in [0.717, 1.165) is 18.4 Å².